The van der Waals surface area contributed by atoms with E-state index in [1.165, 1.54) is 0 Å². The lowest BCUT2D eigenvalue weighted by Gasteiger charge is -2.07. The van der Waals surface area contributed by atoms with Gasteiger partial charge in [0.15, 0.2) is 0 Å². The maximum Gasteiger partial charge on any atom is 0.115 e. The van der Waals surface area contributed by atoms with Crippen molar-refractivity contribution in [2.45, 2.75) is 10.6 Å². The van der Waals surface area contributed by atoms with Crippen LogP contribution in [0.3, 0.4) is 0 Å². The first-order valence-electron chi connectivity index (χ1n) is 5.11. The van der Waals surface area contributed by atoms with E-state index in [9.17, 15) is 5.11 Å². The second-order valence-electron chi connectivity index (χ2n) is 3.61. The molecule has 2 aromatic carbocycles. The SMILES string of the molecule is Nc1cccc(Cl)c1SCc1ccc(O)cc1. The summed E-state index contributed by atoms with van der Waals surface area (Å²) < 4.78 is 0. The predicted octanol–water partition coefficient (Wildman–Crippen LogP) is 3.92. The number of nitrogen functional groups attached to an aromatic ring is 1. The van der Waals surface area contributed by atoms with Crippen LogP contribution >= 0.6 is 23.4 Å². The molecule has 3 N–H and O–H groups in total. The molecule has 2 nitrogen and oxygen atoms in total. The molecule has 0 aliphatic heterocycles. The number of hydrogen-bond donors (Lipinski definition) is 2. The molecule has 17 heavy (non-hydrogen) atoms. The van der Waals surface area contributed by atoms with E-state index in [2.05, 4.69) is 0 Å². The van der Waals surface area contributed by atoms with E-state index in [-0.39, 0.29) is 5.75 Å². The topological polar surface area (TPSA) is 46.2 Å². The fourth-order valence-electron chi connectivity index (χ4n) is 1.43. The minimum absolute atomic E-state index is 0.274. The molecule has 0 heterocycles. The first-order valence-corrected chi connectivity index (χ1v) is 6.48. The van der Waals surface area contributed by atoms with Crippen molar-refractivity contribution in [2.75, 3.05) is 5.73 Å². The van der Waals surface area contributed by atoms with Crippen molar-refractivity contribution in [3.05, 3.63) is 53.1 Å². The third kappa shape index (κ3) is 3.08. The number of benzene rings is 2. The zero-order valence-corrected chi connectivity index (χ0v) is 10.6. The fourth-order valence-corrected chi connectivity index (χ4v) is 2.72. The molecule has 0 radical (unpaired) electrons. The van der Waals surface area contributed by atoms with Crippen LogP contribution in [0.2, 0.25) is 5.02 Å². The van der Waals surface area contributed by atoms with Crippen molar-refractivity contribution in [3.63, 3.8) is 0 Å². The number of aromatic hydroxyl groups is 1. The largest absolute Gasteiger partial charge is 0.508 e. The summed E-state index contributed by atoms with van der Waals surface area (Å²) in [6, 6.07) is 12.6. The van der Waals surface area contributed by atoms with Gasteiger partial charge in [0.05, 0.1) is 5.02 Å². The predicted molar refractivity (Wildman–Crippen MR) is 73.5 cm³/mol. The Morgan fingerprint density at radius 3 is 2.47 bits per heavy atom. The fraction of sp³-hybridized carbons (Fsp3) is 0.0769. The summed E-state index contributed by atoms with van der Waals surface area (Å²) in [7, 11) is 0. The summed E-state index contributed by atoms with van der Waals surface area (Å²) in [4.78, 5) is 0.905. The van der Waals surface area contributed by atoms with Crippen molar-refractivity contribution >= 4 is 29.1 Å². The highest BCUT2D eigenvalue weighted by molar-refractivity contribution is 7.98. The van der Waals surface area contributed by atoms with Gasteiger partial charge in [0, 0.05) is 16.3 Å². The third-order valence-corrected chi connectivity index (χ3v) is 3.97. The molecule has 0 fully saturated rings. The van der Waals surface area contributed by atoms with Gasteiger partial charge >= 0.3 is 0 Å². The Balaban J connectivity index is 2.10. The highest BCUT2D eigenvalue weighted by atomic mass is 35.5. The average Bonchev–Trinajstić information content (AvgIpc) is 2.31. The highest BCUT2D eigenvalue weighted by Crippen LogP contribution is 2.34. The van der Waals surface area contributed by atoms with E-state index in [1.807, 2.05) is 30.3 Å². The third-order valence-electron chi connectivity index (χ3n) is 2.32. The summed E-state index contributed by atoms with van der Waals surface area (Å²) in [6.45, 7) is 0. The molecule has 0 bridgehead atoms. The molecule has 0 saturated heterocycles. The Labute approximate surface area is 109 Å². The molecule has 0 spiro atoms. The first-order chi connectivity index (χ1) is 8.16. The summed E-state index contributed by atoms with van der Waals surface area (Å²) in [5.41, 5.74) is 7.68. The Kier molecular flexibility index (Phi) is 3.82. The molecule has 0 unspecified atom stereocenters. The van der Waals surface area contributed by atoms with Crippen LogP contribution in [0.25, 0.3) is 0 Å². The summed E-state index contributed by atoms with van der Waals surface area (Å²) in [5, 5.41) is 9.86. The number of rotatable bonds is 3. The second kappa shape index (κ2) is 5.34. The van der Waals surface area contributed by atoms with Crippen LogP contribution < -0.4 is 5.73 Å². The van der Waals surface area contributed by atoms with Crippen LogP contribution in [-0.2, 0) is 5.75 Å². The van der Waals surface area contributed by atoms with E-state index < -0.39 is 0 Å². The number of nitrogens with two attached hydrogens (primary N) is 1. The van der Waals surface area contributed by atoms with Crippen LogP contribution in [0.5, 0.6) is 5.75 Å². The van der Waals surface area contributed by atoms with Gasteiger partial charge in [0.25, 0.3) is 0 Å². The number of hydrogen-bond acceptors (Lipinski definition) is 3. The molecule has 0 aromatic heterocycles. The lowest BCUT2D eigenvalue weighted by atomic mass is 10.2. The van der Waals surface area contributed by atoms with Gasteiger partial charge in [-0.1, -0.05) is 29.8 Å². The minimum Gasteiger partial charge on any atom is -0.508 e. The molecule has 0 saturated carbocycles. The van der Waals surface area contributed by atoms with Crippen LogP contribution in [0.4, 0.5) is 5.69 Å². The maximum absolute atomic E-state index is 9.18. The van der Waals surface area contributed by atoms with Crippen molar-refractivity contribution < 1.29 is 5.11 Å². The van der Waals surface area contributed by atoms with Crippen LogP contribution in [0.15, 0.2) is 47.4 Å². The van der Waals surface area contributed by atoms with Gasteiger partial charge < -0.3 is 10.8 Å². The molecule has 2 aromatic rings. The first kappa shape index (κ1) is 12.1. The van der Waals surface area contributed by atoms with Gasteiger partial charge in [-0.05, 0) is 29.8 Å². The van der Waals surface area contributed by atoms with Crippen molar-refractivity contribution in [1.82, 2.24) is 0 Å². The Hall–Kier alpha value is -1.32. The number of halogens is 1. The highest BCUT2D eigenvalue weighted by Gasteiger charge is 2.05. The molecule has 0 aliphatic carbocycles. The Morgan fingerprint density at radius 1 is 1.12 bits per heavy atom. The maximum atomic E-state index is 9.18. The second-order valence-corrected chi connectivity index (χ2v) is 5.01. The Morgan fingerprint density at radius 2 is 1.82 bits per heavy atom. The lowest BCUT2D eigenvalue weighted by molar-refractivity contribution is 0.475. The van der Waals surface area contributed by atoms with E-state index in [0.29, 0.717) is 10.7 Å². The molecule has 0 aliphatic rings. The Bertz CT molecular complexity index is 493. The quantitative estimate of drug-likeness (QED) is 0.653. The number of thioether (sulfide) groups is 1. The zero-order valence-electron chi connectivity index (χ0n) is 9.06. The molecule has 0 amide bonds. The van der Waals surface area contributed by atoms with Crippen molar-refractivity contribution in [2.24, 2.45) is 0 Å². The molecule has 4 heteroatoms. The molecular formula is C13H12ClNOS. The zero-order chi connectivity index (χ0) is 12.3. The van der Waals surface area contributed by atoms with Crippen LogP contribution in [0, 0.1) is 0 Å². The van der Waals surface area contributed by atoms with Crippen LogP contribution in [-0.4, -0.2) is 5.11 Å². The standard InChI is InChI=1S/C13H12ClNOS/c14-11-2-1-3-12(15)13(11)17-8-9-4-6-10(16)7-5-9/h1-7,16H,8,15H2. The lowest BCUT2D eigenvalue weighted by Crippen LogP contribution is -1.89. The van der Waals surface area contributed by atoms with Crippen molar-refractivity contribution in [1.29, 1.82) is 0 Å². The van der Waals surface area contributed by atoms with Gasteiger partial charge in [0.1, 0.15) is 5.75 Å². The minimum atomic E-state index is 0.274. The van der Waals surface area contributed by atoms with Gasteiger partial charge in [-0.25, -0.2) is 0 Å². The monoisotopic (exact) mass is 265 g/mol. The summed E-state index contributed by atoms with van der Waals surface area (Å²) in [6.07, 6.45) is 0. The summed E-state index contributed by atoms with van der Waals surface area (Å²) in [5.74, 6) is 1.05. The average molecular weight is 266 g/mol. The summed E-state index contributed by atoms with van der Waals surface area (Å²) >= 11 is 7.67. The van der Waals surface area contributed by atoms with E-state index >= 15 is 0 Å². The number of phenols is 1. The van der Waals surface area contributed by atoms with E-state index in [4.69, 9.17) is 17.3 Å². The van der Waals surface area contributed by atoms with E-state index in [1.54, 1.807) is 23.9 Å². The van der Waals surface area contributed by atoms with Gasteiger partial charge in [-0.3, -0.25) is 0 Å². The molecule has 88 valence electrons. The van der Waals surface area contributed by atoms with Gasteiger partial charge in [0.2, 0.25) is 0 Å². The molecule has 2 rings (SSSR count). The smallest absolute Gasteiger partial charge is 0.115 e. The number of anilines is 1. The molecular weight excluding hydrogens is 254 g/mol. The normalized spacial score (nSPS) is 10.4. The van der Waals surface area contributed by atoms with Crippen LogP contribution in [0.1, 0.15) is 5.56 Å². The van der Waals surface area contributed by atoms with Gasteiger partial charge in [-0.15, -0.1) is 11.8 Å². The number of phenolic OH excluding ortho intramolecular Hbond substituents is 1. The van der Waals surface area contributed by atoms with E-state index in [0.717, 1.165) is 16.2 Å². The molecule has 0 atom stereocenters. The van der Waals surface area contributed by atoms with Gasteiger partial charge in [-0.2, -0.15) is 0 Å². The van der Waals surface area contributed by atoms with Crippen molar-refractivity contribution in [3.8, 4) is 5.75 Å².